The first-order valence-corrected chi connectivity index (χ1v) is 6.55. The van der Waals surface area contributed by atoms with E-state index in [-0.39, 0.29) is 12.3 Å². The summed E-state index contributed by atoms with van der Waals surface area (Å²) in [4.78, 5) is 36.5. The van der Waals surface area contributed by atoms with E-state index in [0.29, 0.717) is 5.69 Å². The van der Waals surface area contributed by atoms with Gasteiger partial charge in [0.2, 0.25) is 0 Å². The topological polar surface area (TPSA) is 75.7 Å². The number of imide groups is 1. The zero-order valence-electron chi connectivity index (χ0n) is 12.1. The van der Waals surface area contributed by atoms with Crippen molar-refractivity contribution in [3.05, 3.63) is 41.1 Å². The lowest BCUT2D eigenvalue weighted by Gasteiger charge is -2.13. The largest absolute Gasteiger partial charge is 0.463 e. The van der Waals surface area contributed by atoms with Crippen molar-refractivity contribution in [3.8, 4) is 0 Å². The Bertz CT molecular complexity index is 649. The first-order chi connectivity index (χ1) is 9.93. The number of hydrogen-bond donors (Lipinski definition) is 1. The Kier molecular flexibility index (Phi) is 4.07. The van der Waals surface area contributed by atoms with Crippen LogP contribution in [0, 0.1) is 13.8 Å². The molecule has 0 radical (unpaired) electrons. The summed E-state index contributed by atoms with van der Waals surface area (Å²) in [6.07, 6.45) is 0.991. The van der Waals surface area contributed by atoms with Gasteiger partial charge in [0.25, 0.3) is 5.91 Å². The quantitative estimate of drug-likeness (QED) is 0.523. The second kappa shape index (κ2) is 5.78. The zero-order chi connectivity index (χ0) is 15.6. The predicted octanol–water partition coefficient (Wildman–Crippen LogP) is 1.81. The van der Waals surface area contributed by atoms with Crippen LogP contribution in [0.25, 0.3) is 0 Å². The van der Waals surface area contributed by atoms with Gasteiger partial charge in [-0.2, -0.15) is 0 Å². The van der Waals surface area contributed by atoms with E-state index in [2.05, 4.69) is 5.32 Å². The summed E-state index contributed by atoms with van der Waals surface area (Å²) in [6.45, 7) is 5.70. The number of amides is 3. The fraction of sp³-hybridized carbons (Fsp3) is 0.267. The minimum Gasteiger partial charge on any atom is -0.463 e. The normalized spacial score (nSPS) is 16.3. The first-order valence-electron chi connectivity index (χ1n) is 6.55. The van der Waals surface area contributed by atoms with Gasteiger partial charge in [-0.15, -0.1) is 0 Å². The van der Waals surface area contributed by atoms with Gasteiger partial charge in [-0.3, -0.25) is 4.79 Å². The highest BCUT2D eigenvalue weighted by atomic mass is 16.5. The third-order valence-corrected chi connectivity index (χ3v) is 3.18. The lowest BCUT2D eigenvalue weighted by Crippen LogP contribution is -2.30. The molecule has 0 aromatic heterocycles. The van der Waals surface area contributed by atoms with E-state index in [1.54, 1.807) is 19.1 Å². The van der Waals surface area contributed by atoms with Crippen LogP contribution >= 0.6 is 0 Å². The van der Waals surface area contributed by atoms with E-state index in [0.717, 1.165) is 22.1 Å². The monoisotopic (exact) mass is 288 g/mol. The molecule has 1 aromatic carbocycles. The van der Waals surface area contributed by atoms with Gasteiger partial charge in [0.05, 0.1) is 18.4 Å². The predicted molar refractivity (Wildman–Crippen MR) is 76.6 cm³/mol. The van der Waals surface area contributed by atoms with Gasteiger partial charge < -0.3 is 10.1 Å². The number of nitrogens with zero attached hydrogens (tertiary/aromatic N) is 1. The molecule has 1 fully saturated rings. The zero-order valence-corrected chi connectivity index (χ0v) is 12.1. The van der Waals surface area contributed by atoms with Gasteiger partial charge in [0, 0.05) is 0 Å². The van der Waals surface area contributed by atoms with Gasteiger partial charge in [0.1, 0.15) is 5.70 Å². The summed E-state index contributed by atoms with van der Waals surface area (Å²) < 4.78 is 4.73. The number of rotatable bonds is 3. The summed E-state index contributed by atoms with van der Waals surface area (Å²) in [7, 11) is 0. The van der Waals surface area contributed by atoms with E-state index in [9.17, 15) is 14.4 Å². The van der Waals surface area contributed by atoms with Crippen LogP contribution in [0.15, 0.2) is 30.0 Å². The van der Waals surface area contributed by atoms with Crippen LogP contribution in [-0.2, 0) is 14.3 Å². The Labute approximate surface area is 122 Å². The Hall–Kier alpha value is -2.63. The maximum absolute atomic E-state index is 12.2. The number of hydrogen-bond acceptors (Lipinski definition) is 4. The standard InChI is InChI=1S/C15H16N2O4/c1-4-21-13(18)8-12-14(19)17(15(20)16-12)11-6-5-9(2)10(3)7-11/h5-8H,4H2,1-3H3,(H,16,20)/b12-8+. The van der Waals surface area contributed by atoms with Gasteiger partial charge in [-0.1, -0.05) is 6.07 Å². The Morgan fingerprint density at radius 3 is 2.62 bits per heavy atom. The number of anilines is 1. The fourth-order valence-corrected chi connectivity index (χ4v) is 1.94. The number of urea groups is 1. The van der Waals surface area contributed by atoms with E-state index in [1.165, 1.54) is 0 Å². The van der Waals surface area contributed by atoms with Crippen LogP contribution in [-0.4, -0.2) is 24.5 Å². The number of aryl methyl sites for hydroxylation is 2. The second-order valence-corrected chi connectivity index (χ2v) is 4.65. The Balaban J connectivity index is 2.30. The van der Waals surface area contributed by atoms with E-state index in [1.807, 2.05) is 19.9 Å². The smallest absolute Gasteiger partial charge is 0.333 e. The van der Waals surface area contributed by atoms with Crippen LogP contribution < -0.4 is 10.2 Å². The molecule has 1 aliphatic heterocycles. The van der Waals surface area contributed by atoms with Crippen LogP contribution in [0.3, 0.4) is 0 Å². The summed E-state index contributed by atoms with van der Waals surface area (Å²) in [6, 6.07) is 4.68. The number of carbonyl (C=O) groups is 3. The fourth-order valence-electron chi connectivity index (χ4n) is 1.94. The molecule has 6 heteroatoms. The van der Waals surface area contributed by atoms with Gasteiger partial charge in [-0.05, 0) is 44.0 Å². The van der Waals surface area contributed by atoms with Crippen molar-refractivity contribution < 1.29 is 19.1 Å². The molecule has 0 saturated carbocycles. The molecule has 1 saturated heterocycles. The SMILES string of the molecule is CCOC(=O)/C=C1/NC(=O)N(c2ccc(C)c(C)c2)C1=O. The molecule has 6 nitrogen and oxygen atoms in total. The van der Waals surface area contributed by atoms with Gasteiger partial charge in [0.15, 0.2) is 0 Å². The minimum absolute atomic E-state index is 0.0864. The summed E-state index contributed by atoms with van der Waals surface area (Å²) in [5, 5.41) is 2.37. The lowest BCUT2D eigenvalue weighted by atomic mass is 10.1. The van der Waals surface area contributed by atoms with Crippen LogP contribution in [0.1, 0.15) is 18.1 Å². The van der Waals surface area contributed by atoms with E-state index >= 15 is 0 Å². The van der Waals surface area contributed by atoms with Crippen LogP contribution in [0.5, 0.6) is 0 Å². The van der Waals surface area contributed by atoms with Gasteiger partial charge >= 0.3 is 12.0 Å². The molecule has 0 unspecified atom stereocenters. The number of carbonyl (C=O) groups excluding carboxylic acids is 3. The summed E-state index contributed by atoms with van der Waals surface area (Å²) in [5.74, 6) is -1.24. The van der Waals surface area contributed by atoms with Crippen molar-refractivity contribution in [2.45, 2.75) is 20.8 Å². The third kappa shape index (κ3) is 2.94. The van der Waals surface area contributed by atoms with Crippen molar-refractivity contribution in [2.24, 2.45) is 0 Å². The molecule has 1 aromatic rings. The lowest BCUT2D eigenvalue weighted by molar-refractivity contribution is -0.137. The molecule has 0 spiro atoms. The van der Waals surface area contributed by atoms with Crippen molar-refractivity contribution in [1.82, 2.24) is 5.32 Å². The Morgan fingerprint density at radius 1 is 1.29 bits per heavy atom. The third-order valence-electron chi connectivity index (χ3n) is 3.18. The van der Waals surface area contributed by atoms with E-state index in [4.69, 9.17) is 4.74 Å². The maximum atomic E-state index is 12.2. The summed E-state index contributed by atoms with van der Waals surface area (Å²) in [5.41, 5.74) is 2.41. The number of nitrogens with one attached hydrogen (secondary N) is 1. The van der Waals surface area contributed by atoms with Crippen molar-refractivity contribution in [1.29, 1.82) is 0 Å². The van der Waals surface area contributed by atoms with Crippen molar-refractivity contribution in [2.75, 3.05) is 11.5 Å². The molecule has 1 N–H and O–H groups in total. The van der Waals surface area contributed by atoms with Crippen LogP contribution in [0.2, 0.25) is 0 Å². The Morgan fingerprint density at radius 2 is 2.00 bits per heavy atom. The highest BCUT2D eigenvalue weighted by molar-refractivity contribution is 6.27. The average molecular weight is 288 g/mol. The average Bonchev–Trinajstić information content (AvgIpc) is 2.68. The molecule has 3 amide bonds. The van der Waals surface area contributed by atoms with E-state index < -0.39 is 17.9 Å². The maximum Gasteiger partial charge on any atom is 0.333 e. The molecule has 2 rings (SSSR count). The molecular weight excluding hydrogens is 272 g/mol. The molecule has 1 heterocycles. The van der Waals surface area contributed by atoms with Crippen molar-refractivity contribution >= 4 is 23.6 Å². The first kappa shape index (κ1) is 14.8. The minimum atomic E-state index is -0.664. The molecule has 21 heavy (non-hydrogen) atoms. The number of ether oxygens (including phenoxy) is 1. The molecule has 0 atom stereocenters. The molecule has 1 aliphatic rings. The van der Waals surface area contributed by atoms with Crippen molar-refractivity contribution in [3.63, 3.8) is 0 Å². The molecule has 110 valence electrons. The highest BCUT2D eigenvalue weighted by Gasteiger charge is 2.35. The second-order valence-electron chi connectivity index (χ2n) is 4.65. The molecular formula is C15H16N2O4. The number of esters is 1. The molecule has 0 aliphatic carbocycles. The van der Waals surface area contributed by atoms with Gasteiger partial charge in [-0.25, -0.2) is 14.5 Å². The number of benzene rings is 1. The van der Waals surface area contributed by atoms with Crippen LogP contribution in [0.4, 0.5) is 10.5 Å². The highest BCUT2D eigenvalue weighted by Crippen LogP contribution is 2.23. The molecule has 0 bridgehead atoms. The summed E-state index contributed by atoms with van der Waals surface area (Å²) >= 11 is 0.